The Morgan fingerprint density at radius 3 is 2.50 bits per heavy atom. The topological polar surface area (TPSA) is 84.3 Å². The number of halogens is 2. The van der Waals surface area contributed by atoms with E-state index >= 15 is 0 Å². The van der Waals surface area contributed by atoms with Gasteiger partial charge in [-0.05, 0) is 31.5 Å². The van der Waals surface area contributed by atoms with Crippen LogP contribution in [0.2, 0.25) is 0 Å². The van der Waals surface area contributed by atoms with Crippen LogP contribution in [0.15, 0.2) is 42.5 Å². The standard InChI is InChI=1S/C18H19F2N3O3/c1-12(16-9-4-13(19)11-17(16)20)22-18(24)3-2-10-21-14-5-7-15(8-6-14)23(25)26/h4-9,11-12,21H,2-3,10H2,1H3,(H,22,24). The van der Waals surface area contributed by atoms with Crippen molar-refractivity contribution in [3.8, 4) is 0 Å². The molecule has 0 heterocycles. The normalized spacial score (nSPS) is 11.7. The highest BCUT2D eigenvalue weighted by Gasteiger charge is 2.14. The fourth-order valence-electron chi connectivity index (χ4n) is 2.43. The number of nitrogens with one attached hydrogen (secondary N) is 2. The van der Waals surface area contributed by atoms with Crippen molar-refractivity contribution in [1.29, 1.82) is 0 Å². The van der Waals surface area contributed by atoms with E-state index in [1.807, 2.05) is 0 Å². The molecule has 26 heavy (non-hydrogen) atoms. The maximum Gasteiger partial charge on any atom is 0.269 e. The fourth-order valence-corrected chi connectivity index (χ4v) is 2.43. The number of hydrogen-bond acceptors (Lipinski definition) is 4. The van der Waals surface area contributed by atoms with Gasteiger partial charge in [-0.3, -0.25) is 14.9 Å². The molecule has 0 aliphatic rings. The Morgan fingerprint density at radius 1 is 1.19 bits per heavy atom. The third kappa shape index (κ3) is 5.51. The first-order valence-corrected chi connectivity index (χ1v) is 8.09. The van der Waals surface area contributed by atoms with Crippen molar-refractivity contribution in [3.63, 3.8) is 0 Å². The number of carbonyl (C=O) groups is 1. The summed E-state index contributed by atoms with van der Waals surface area (Å²) >= 11 is 0. The quantitative estimate of drug-likeness (QED) is 0.423. The zero-order valence-electron chi connectivity index (χ0n) is 14.2. The predicted molar refractivity (Wildman–Crippen MR) is 93.7 cm³/mol. The first-order valence-electron chi connectivity index (χ1n) is 8.09. The molecule has 0 fully saturated rings. The van der Waals surface area contributed by atoms with Gasteiger partial charge in [0.2, 0.25) is 5.91 Å². The van der Waals surface area contributed by atoms with E-state index in [4.69, 9.17) is 0 Å². The monoisotopic (exact) mass is 363 g/mol. The second-order valence-corrected chi connectivity index (χ2v) is 5.79. The lowest BCUT2D eigenvalue weighted by Gasteiger charge is -2.15. The molecule has 138 valence electrons. The molecule has 1 amide bonds. The lowest BCUT2D eigenvalue weighted by Crippen LogP contribution is -2.27. The third-order valence-electron chi connectivity index (χ3n) is 3.79. The van der Waals surface area contributed by atoms with Gasteiger partial charge in [0.15, 0.2) is 0 Å². The zero-order valence-corrected chi connectivity index (χ0v) is 14.2. The van der Waals surface area contributed by atoms with Gasteiger partial charge >= 0.3 is 0 Å². The van der Waals surface area contributed by atoms with Crippen LogP contribution in [-0.4, -0.2) is 17.4 Å². The first-order chi connectivity index (χ1) is 12.4. The van der Waals surface area contributed by atoms with Gasteiger partial charge in [-0.2, -0.15) is 0 Å². The summed E-state index contributed by atoms with van der Waals surface area (Å²) in [5.74, 6) is -1.61. The Labute approximate surface area is 149 Å². The van der Waals surface area contributed by atoms with Crippen LogP contribution in [0, 0.1) is 21.7 Å². The first kappa shape index (κ1) is 19.3. The van der Waals surface area contributed by atoms with E-state index in [1.165, 1.54) is 18.2 Å². The van der Waals surface area contributed by atoms with Crippen molar-refractivity contribution in [3.05, 3.63) is 69.8 Å². The number of carbonyl (C=O) groups excluding carboxylic acids is 1. The Balaban J connectivity index is 1.73. The highest BCUT2D eigenvalue weighted by atomic mass is 19.1. The molecular formula is C18H19F2N3O3. The van der Waals surface area contributed by atoms with Gasteiger partial charge in [0.05, 0.1) is 11.0 Å². The van der Waals surface area contributed by atoms with Crippen LogP contribution in [-0.2, 0) is 4.79 Å². The van der Waals surface area contributed by atoms with E-state index in [1.54, 1.807) is 19.1 Å². The molecule has 0 saturated carbocycles. The van der Waals surface area contributed by atoms with Gasteiger partial charge in [0.1, 0.15) is 11.6 Å². The van der Waals surface area contributed by atoms with Crippen molar-refractivity contribution >= 4 is 17.3 Å². The molecule has 0 bridgehead atoms. The lowest BCUT2D eigenvalue weighted by molar-refractivity contribution is -0.384. The highest BCUT2D eigenvalue weighted by molar-refractivity contribution is 5.76. The average molecular weight is 363 g/mol. The molecule has 0 aromatic heterocycles. The molecule has 6 nitrogen and oxygen atoms in total. The van der Waals surface area contributed by atoms with Crippen LogP contribution >= 0.6 is 0 Å². The molecule has 0 saturated heterocycles. The molecule has 1 unspecified atom stereocenters. The van der Waals surface area contributed by atoms with Gasteiger partial charge in [-0.15, -0.1) is 0 Å². The Kier molecular flexibility index (Phi) is 6.60. The molecule has 0 aliphatic heterocycles. The SMILES string of the molecule is CC(NC(=O)CCCNc1ccc([N+](=O)[O-])cc1)c1ccc(F)cc1F. The minimum atomic E-state index is -0.697. The number of nitrogens with zero attached hydrogens (tertiary/aromatic N) is 1. The summed E-state index contributed by atoms with van der Waals surface area (Å²) < 4.78 is 26.6. The van der Waals surface area contributed by atoms with E-state index < -0.39 is 22.6 Å². The van der Waals surface area contributed by atoms with E-state index in [-0.39, 0.29) is 23.6 Å². The molecular weight excluding hydrogens is 344 g/mol. The number of benzene rings is 2. The summed E-state index contributed by atoms with van der Waals surface area (Å²) in [5, 5.41) is 16.3. The summed E-state index contributed by atoms with van der Waals surface area (Å²) in [4.78, 5) is 22.0. The second-order valence-electron chi connectivity index (χ2n) is 5.79. The summed E-state index contributed by atoms with van der Waals surface area (Å²) in [6.07, 6.45) is 0.759. The molecule has 1 atom stereocenters. The van der Waals surface area contributed by atoms with Crippen molar-refractivity contribution in [2.75, 3.05) is 11.9 Å². The highest BCUT2D eigenvalue weighted by Crippen LogP contribution is 2.18. The Hall–Kier alpha value is -3.03. The smallest absolute Gasteiger partial charge is 0.269 e. The van der Waals surface area contributed by atoms with Crippen molar-refractivity contribution in [1.82, 2.24) is 5.32 Å². The number of nitro groups is 1. The number of non-ortho nitro benzene ring substituents is 1. The van der Waals surface area contributed by atoms with Crippen LogP contribution in [0.5, 0.6) is 0 Å². The molecule has 0 aliphatic carbocycles. The minimum Gasteiger partial charge on any atom is -0.385 e. The molecule has 0 radical (unpaired) electrons. The van der Waals surface area contributed by atoms with E-state index in [0.717, 1.165) is 17.8 Å². The molecule has 0 spiro atoms. The van der Waals surface area contributed by atoms with Gasteiger partial charge in [0, 0.05) is 42.4 Å². The van der Waals surface area contributed by atoms with Gasteiger partial charge in [-0.25, -0.2) is 8.78 Å². The third-order valence-corrected chi connectivity index (χ3v) is 3.79. The van der Waals surface area contributed by atoms with Crippen LogP contribution in [0.3, 0.4) is 0 Å². The molecule has 2 aromatic rings. The van der Waals surface area contributed by atoms with Crippen LogP contribution in [0.25, 0.3) is 0 Å². The predicted octanol–water partition coefficient (Wildman–Crippen LogP) is 3.94. The average Bonchev–Trinajstić information content (AvgIpc) is 2.59. The van der Waals surface area contributed by atoms with Gasteiger partial charge < -0.3 is 10.6 Å². The van der Waals surface area contributed by atoms with Gasteiger partial charge in [0.25, 0.3) is 5.69 Å². The second kappa shape index (κ2) is 8.89. The maximum atomic E-state index is 13.7. The molecule has 2 aromatic carbocycles. The molecule has 2 N–H and O–H groups in total. The van der Waals surface area contributed by atoms with Crippen molar-refractivity contribution in [2.24, 2.45) is 0 Å². The van der Waals surface area contributed by atoms with Gasteiger partial charge in [-0.1, -0.05) is 6.07 Å². The summed E-state index contributed by atoms with van der Waals surface area (Å²) in [6.45, 7) is 2.13. The maximum absolute atomic E-state index is 13.7. The molecule has 2 rings (SSSR count). The van der Waals surface area contributed by atoms with Crippen molar-refractivity contribution < 1.29 is 18.5 Å². The summed E-state index contributed by atoms with van der Waals surface area (Å²) in [7, 11) is 0. The lowest BCUT2D eigenvalue weighted by atomic mass is 10.1. The largest absolute Gasteiger partial charge is 0.385 e. The van der Waals surface area contributed by atoms with E-state index in [2.05, 4.69) is 10.6 Å². The number of amides is 1. The zero-order chi connectivity index (χ0) is 19.1. The number of nitro benzene ring substituents is 1. The fraction of sp³-hybridized carbons (Fsp3) is 0.278. The number of hydrogen-bond donors (Lipinski definition) is 2. The van der Waals surface area contributed by atoms with E-state index in [9.17, 15) is 23.7 Å². The van der Waals surface area contributed by atoms with E-state index in [0.29, 0.717) is 13.0 Å². The summed E-state index contributed by atoms with van der Waals surface area (Å²) in [5.41, 5.74) is 0.957. The minimum absolute atomic E-state index is 0.0111. The number of anilines is 1. The van der Waals surface area contributed by atoms with Crippen LogP contribution < -0.4 is 10.6 Å². The van der Waals surface area contributed by atoms with Crippen molar-refractivity contribution in [2.45, 2.75) is 25.8 Å². The Morgan fingerprint density at radius 2 is 1.88 bits per heavy atom. The van der Waals surface area contributed by atoms with Crippen LogP contribution in [0.1, 0.15) is 31.4 Å². The number of rotatable bonds is 8. The summed E-state index contributed by atoms with van der Waals surface area (Å²) in [6, 6.07) is 8.66. The molecule has 8 heteroatoms. The van der Waals surface area contributed by atoms with Crippen LogP contribution in [0.4, 0.5) is 20.2 Å². The Bertz CT molecular complexity index is 782.